The van der Waals surface area contributed by atoms with Crippen molar-refractivity contribution < 1.29 is 4.74 Å². The average molecular weight is 320 g/mol. The quantitative estimate of drug-likeness (QED) is 0.514. The van der Waals surface area contributed by atoms with E-state index in [4.69, 9.17) is 4.74 Å². The molecule has 0 aliphatic heterocycles. The zero-order chi connectivity index (χ0) is 16.9. The minimum absolute atomic E-state index is 0.637. The molecule has 0 heterocycles. The Labute approximate surface area is 141 Å². The molecule has 0 fully saturated rings. The number of benzene rings is 1. The third kappa shape index (κ3) is 8.45. The second kappa shape index (κ2) is 11.8. The van der Waals surface area contributed by atoms with Gasteiger partial charge in [-0.1, -0.05) is 25.5 Å². The van der Waals surface area contributed by atoms with Crippen LogP contribution in [0.2, 0.25) is 0 Å². The summed E-state index contributed by atoms with van der Waals surface area (Å²) in [6.45, 7) is 8.86. The second-order valence-electron chi connectivity index (χ2n) is 5.63. The molecule has 0 radical (unpaired) electrons. The molecule has 130 valence electrons. The van der Waals surface area contributed by atoms with Gasteiger partial charge in [0.15, 0.2) is 5.96 Å². The summed E-state index contributed by atoms with van der Waals surface area (Å²) in [5.74, 6) is 1.73. The molecule has 1 aromatic rings. The van der Waals surface area contributed by atoms with Gasteiger partial charge in [0.1, 0.15) is 5.75 Å². The van der Waals surface area contributed by atoms with Gasteiger partial charge in [0, 0.05) is 19.6 Å². The summed E-state index contributed by atoms with van der Waals surface area (Å²) in [6.07, 6.45) is 2.49. The number of nitrogens with one attached hydrogen (secondary N) is 2. The van der Waals surface area contributed by atoms with E-state index in [2.05, 4.69) is 47.5 Å². The van der Waals surface area contributed by atoms with E-state index in [1.165, 1.54) is 12.8 Å². The smallest absolute Gasteiger partial charge is 0.191 e. The zero-order valence-electron chi connectivity index (χ0n) is 15.1. The van der Waals surface area contributed by atoms with Crippen molar-refractivity contribution in [2.45, 2.75) is 33.2 Å². The lowest BCUT2D eigenvalue weighted by Crippen LogP contribution is -2.41. The fourth-order valence-corrected chi connectivity index (χ4v) is 2.19. The van der Waals surface area contributed by atoms with Gasteiger partial charge in [-0.25, -0.2) is 4.99 Å². The van der Waals surface area contributed by atoms with Crippen LogP contribution in [0.1, 0.15) is 32.3 Å². The average Bonchev–Trinajstić information content (AvgIpc) is 2.58. The highest BCUT2D eigenvalue weighted by molar-refractivity contribution is 5.79. The number of hydrogen-bond acceptors (Lipinski definition) is 3. The summed E-state index contributed by atoms with van der Waals surface area (Å²) >= 11 is 0. The number of ether oxygens (including phenoxy) is 1. The van der Waals surface area contributed by atoms with Crippen molar-refractivity contribution in [2.75, 3.05) is 40.3 Å². The van der Waals surface area contributed by atoms with E-state index in [9.17, 15) is 0 Å². The van der Waals surface area contributed by atoms with Gasteiger partial charge >= 0.3 is 0 Å². The normalized spacial score (nSPS) is 11.6. The van der Waals surface area contributed by atoms with Gasteiger partial charge < -0.3 is 20.3 Å². The van der Waals surface area contributed by atoms with Crippen LogP contribution in [0.4, 0.5) is 0 Å². The number of rotatable bonds is 10. The standard InChI is InChI=1S/C18H32N4O/c1-5-7-12-22(3)13-11-20-18(19-6-2)21-15-16-9-8-10-17(14-16)23-4/h8-10,14H,5-7,11-13,15H2,1-4H3,(H2,19,20,21). The summed E-state index contributed by atoms with van der Waals surface area (Å²) in [5.41, 5.74) is 1.14. The Morgan fingerprint density at radius 1 is 1.22 bits per heavy atom. The number of guanidine groups is 1. The van der Waals surface area contributed by atoms with Gasteiger partial charge in [0.25, 0.3) is 0 Å². The van der Waals surface area contributed by atoms with Crippen LogP contribution in [0.15, 0.2) is 29.3 Å². The van der Waals surface area contributed by atoms with Crippen molar-refractivity contribution in [3.05, 3.63) is 29.8 Å². The topological polar surface area (TPSA) is 48.9 Å². The Hall–Kier alpha value is -1.75. The fourth-order valence-electron chi connectivity index (χ4n) is 2.19. The number of aliphatic imine (C=N–C) groups is 1. The van der Waals surface area contributed by atoms with Crippen LogP contribution < -0.4 is 15.4 Å². The number of methoxy groups -OCH3 is 1. The van der Waals surface area contributed by atoms with E-state index in [1.54, 1.807) is 7.11 Å². The summed E-state index contributed by atoms with van der Waals surface area (Å²) in [5, 5.41) is 6.68. The van der Waals surface area contributed by atoms with Crippen molar-refractivity contribution in [1.82, 2.24) is 15.5 Å². The molecule has 0 unspecified atom stereocenters. The van der Waals surface area contributed by atoms with Gasteiger partial charge in [-0.2, -0.15) is 0 Å². The highest BCUT2D eigenvalue weighted by Crippen LogP contribution is 2.13. The largest absolute Gasteiger partial charge is 0.497 e. The first-order valence-corrected chi connectivity index (χ1v) is 8.53. The predicted octanol–water partition coefficient (Wildman–Crippen LogP) is 2.48. The first-order chi connectivity index (χ1) is 11.2. The van der Waals surface area contributed by atoms with E-state index < -0.39 is 0 Å². The zero-order valence-corrected chi connectivity index (χ0v) is 15.1. The molecule has 0 aliphatic rings. The molecule has 0 aromatic heterocycles. The molecule has 0 saturated carbocycles. The van der Waals surface area contributed by atoms with E-state index in [0.29, 0.717) is 6.54 Å². The molecule has 2 N–H and O–H groups in total. The maximum Gasteiger partial charge on any atom is 0.191 e. The van der Waals surface area contributed by atoms with Crippen molar-refractivity contribution in [3.8, 4) is 5.75 Å². The van der Waals surface area contributed by atoms with Crippen molar-refractivity contribution in [2.24, 2.45) is 4.99 Å². The van der Waals surface area contributed by atoms with Crippen LogP contribution in [0.25, 0.3) is 0 Å². The van der Waals surface area contributed by atoms with Crippen LogP contribution in [0.5, 0.6) is 5.75 Å². The van der Waals surface area contributed by atoms with Crippen molar-refractivity contribution in [3.63, 3.8) is 0 Å². The summed E-state index contributed by atoms with van der Waals surface area (Å²) in [4.78, 5) is 6.99. The molecular weight excluding hydrogens is 288 g/mol. The van der Waals surface area contributed by atoms with Gasteiger partial charge in [-0.15, -0.1) is 0 Å². The van der Waals surface area contributed by atoms with Gasteiger partial charge in [0.2, 0.25) is 0 Å². The van der Waals surface area contributed by atoms with E-state index in [1.807, 2.05) is 18.2 Å². The Morgan fingerprint density at radius 3 is 2.74 bits per heavy atom. The van der Waals surface area contributed by atoms with Crippen molar-refractivity contribution >= 4 is 5.96 Å². The Balaban J connectivity index is 2.46. The van der Waals surface area contributed by atoms with Gasteiger partial charge in [-0.05, 0) is 44.6 Å². The van der Waals surface area contributed by atoms with Crippen LogP contribution in [0, 0.1) is 0 Å². The maximum atomic E-state index is 5.25. The lowest BCUT2D eigenvalue weighted by molar-refractivity contribution is 0.332. The lowest BCUT2D eigenvalue weighted by Gasteiger charge is -2.17. The van der Waals surface area contributed by atoms with Crippen LogP contribution in [-0.2, 0) is 6.54 Å². The van der Waals surface area contributed by atoms with E-state index in [0.717, 1.165) is 43.5 Å². The minimum Gasteiger partial charge on any atom is -0.497 e. The molecule has 0 amide bonds. The Morgan fingerprint density at radius 2 is 2.04 bits per heavy atom. The number of unbranched alkanes of at least 4 members (excludes halogenated alkanes) is 1. The van der Waals surface area contributed by atoms with Crippen molar-refractivity contribution in [1.29, 1.82) is 0 Å². The molecular formula is C18H32N4O. The Bertz CT molecular complexity index is 462. The minimum atomic E-state index is 0.637. The predicted molar refractivity (Wildman–Crippen MR) is 98.2 cm³/mol. The molecule has 0 aliphatic carbocycles. The first kappa shape index (κ1) is 19.3. The lowest BCUT2D eigenvalue weighted by atomic mass is 10.2. The summed E-state index contributed by atoms with van der Waals surface area (Å²) in [7, 11) is 3.85. The molecule has 23 heavy (non-hydrogen) atoms. The molecule has 1 rings (SSSR count). The number of nitrogens with zero attached hydrogens (tertiary/aromatic N) is 2. The fraction of sp³-hybridized carbons (Fsp3) is 0.611. The molecule has 1 aromatic carbocycles. The molecule has 0 atom stereocenters. The molecule has 0 saturated heterocycles. The monoisotopic (exact) mass is 320 g/mol. The SMILES string of the molecule is CCCCN(C)CCNC(=NCc1cccc(OC)c1)NCC. The molecule has 0 bridgehead atoms. The highest BCUT2D eigenvalue weighted by Gasteiger charge is 2.01. The van der Waals surface area contributed by atoms with Crippen LogP contribution in [-0.4, -0.2) is 51.2 Å². The number of likely N-dealkylation sites (N-methyl/N-ethyl adjacent to an activating group) is 1. The van der Waals surface area contributed by atoms with Gasteiger partial charge in [0.05, 0.1) is 13.7 Å². The third-order valence-electron chi connectivity index (χ3n) is 3.58. The third-order valence-corrected chi connectivity index (χ3v) is 3.58. The molecule has 0 spiro atoms. The summed E-state index contributed by atoms with van der Waals surface area (Å²) in [6, 6.07) is 8.02. The summed E-state index contributed by atoms with van der Waals surface area (Å²) < 4.78 is 5.25. The van der Waals surface area contributed by atoms with Gasteiger partial charge in [-0.3, -0.25) is 0 Å². The maximum absolute atomic E-state index is 5.25. The van der Waals surface area contributed by atoms with Crippen LogP contribution >= 0.6 is 0 Å². The Kier molecular flexibility index (Phi) is 9.87. The first-order valence-electron chi connectivity index (χ1n) is 8.53. The van der Waals surface area contributed by atoms with Crippen LogP contribution in [0.3, 0.4) is 0 Å². The van der Waals surface area contributed by atoms with E-state index in [-0.39, 0.29) is 0 Å². The number of hydrogen-bond donors (Lipinski definition) is 2. The van der Waals surface area contributed by atoms with E-state index >= 15 is 0 Å². The molecule has 5 heteroatoms. The highest BCUT2D eigenvalue weighted by atomic mass is 16.5. The second-order valence-corrected chi connectivity index (χ2v) is 5.63. The molecule has 5 nitrogen and oxygen atoms in total.